The molecule has 1 unspecified atom stereocenters. The van der Waals surface area contributed by atoms with E-state index >= 15 is 0 Å². The molecule has 1 aliphatic rings. The van der Waals surface area contributed by atoms with Gasteiger partial charge in [0.25, 0.3) is 5.91 Å². The van der Waals surface area contributed by atoms with E-state index in [4.69, 9.17) is 0 Å². The van der Waals surface area contributed by atoms with Crippen LogP contribution in [0.4, 0.5) is 10.1 Å². The average molecular weight is 293 g/mol. The molecule has 1 aromatic rings. The maximum atomic E-state index is 13.6. The number of rotatable bonds is 3. The molecule has 1 fully saturated rings. The van der Waals surface area contributed by atoms with Crippen molar-refractivity contribution < 1.29 is 14.0 Å². The molecule has 1 saturated heterocycles. The first-order valence-electron chi connectivity index (χ1n) is 7.05. The van der Waals surface area contributed by atoms with Crippen LogP contribution in [0.2, 0.25) is 0 Å². The average Bonchev–Trinajstić information content (AvgIpc) is 2.48. The van der Waals surface area contributed by atoms with Crippen LogP contribution in [-0.2, 0) is 4.79 Å². The van der Waals surface area contributed by atoms with Crippen molar-refractivity contribution in [1.82, 2.24) is 10.2 Å². The van der Waals surface area contributed by atoms with Gasteiger partial charge in [-0.05, 0) is 38.1 Å². The van der Waals surface area contributed by atoms with Crippen LogP contribution in [0.25, 0.3) is 0 Å². The number of halogens is 1. The lowest BCUT2D eigenvalue weighted by Gasteiger charge is -2.32. The molecule has 114 valence electrons. The normalized spacial score (nSPS) is 18.4. The maximum Gasteiger partial charge on any atom is 0.253 e. The van der Waals surface area contributed by atoms with E-state index in [9.17, 15) is 14.0 Å². The molecule has 0 saturated carbocycles. The van der Waals surface area contributed by atoms with Gasteiger partial charge in [0.15, 0.2) is 0 Å². The summed E-state index contributed by atoms with van der Waals surface area (Å²) in [5, 5.41) is 5.57. The van der Waals surface area contributed by atoms with E-state index in [1.165, 1.54) is 25.1 Å². The summed E-state index contributed by atoms with van der Waals surface area (Å²) in [6.07, 6.45) is 1.98. The van der Waals surface area contributed by atoms with Crippen LogP contribution >= 0.6 is 0 Å². The lowest BCUT2D eigenvalue weighted by molar-refractivity contribution is -0.114. The zero-order valence-corrected chi connectivity index (χ0v) is 12.3. The van der Waals surface area contributed by atoms with Crippen LogP contribution < -0.4 is 10.6 Å². The van der Waals surface area contributed by atoms with Crippen LogP contribution in [0.3, 0.4) is 0 Å². The SMILES string of the molecule is CNC1CCCN(C(=O)c2ccc(F)c(NC(C)=O)c2)C1. The van der Waals surface area contributed by atoms with Crippen molar-refractivity contribution in [3.05, 3.63) is 29.6 Å². The van der Waals surface area contributed by atoms with Gasteiger partial charge in [0.05, 0.1) is 5.69 Å². The molecule has 0 bridgehead atoms. The summed E-state index contributed by atoms with van der Waals surface area (Å²) >= 11 is 0. The third-order valence-electron chi connectivity index (χ3n) is 3.64. The minimum atomic E-state index is -0.548. The number of nitrogens with zero attached hydrogens (tertiary/aromatic N) is 1. The number of amides is 2. The molecule has 1 aliphatic heterocycles. The highest BCUT2D eigenvalue weighted by molar-refractivity contribution is 5.97. The maximum absolute atomic E-state index is 13.6. The fourth-order valence-corrected chi connectivity index (χ4v) is 2.52. The molecule has 1 atom stereocenters. The lowest BCUT2D eigenvalue weighted by atomic mass is 10.0. The Balaban J connectivity index is 2.17. The largest absolute Gasteiger partial charge is 0.337 e. The van der Waals surface area contributed by atoms with Crippen molar-refractivity contribution in [3.63, 3.8) is 0 Å². The minimum absolute atomic E-state index is 0.0375. The predicted octanol–water partition coefficient (Wildman–Crippen LogP) is 1.61. The van der Waals surface area contributed by atoms with Crippen molar-refractivity contribution >= 4 is 17.5 Å². The van der Waals surface area contributed by atoms with Gasteiger partial charge in [0.2, 0.25) is 5.91 Å². The van der Waals surface area contributed by atoms with Gasteiger partial charge in [0.1, 0.15) is 5.82 Å². The highest BCUT2D eigenvalue weighted by atomic mass is 19.1. The molecule has 0 aliphatic carbocycles. The number of hydrogen-bond acceptors (Lipinski definition) is 3. The molecule has 21 heavy (non-hydrogen) atoms. The second kappa shape index (κ2) is 6.67. The molecule has 2 amide bonds. The zero-order valence-electron chi connectivity index (χ0n) is 12.3. The number of anilines is 1. The number of likely N-dealkylation sites (N-methyl/N-ethyl adjacent to an activating group) is 1. The van der Waals surface area contributed by atoms with Gasteiger partial charge in [-0.25, -0.2) is 4.39 Å². The van der Waals surface area contributed by atoms with Crippen LogP contribution in [0, 0.1) is 5.82 Å². The second-order valence-corrected chi connectivity index (χ2v) is 5.25. The molecule has 2 N–H and O–H groups in total. The minimum Gasteiger partial charge on any atom is -0.337 e. The highest BCUT2D eigenvalue weighted by Crippen LogP contribution is 2.19. The Kier molecular flexibility index (Phi) is 4.90. The first-order chi connectivity index (χ1) is 10.0. The number of carbonyl (C=O) groups is 2. The van der Waals surface area contributed by atoms with E-state index in [-0.39, 0.29) is 23.5 Å². The second-order valence-electron chi connectivity index (χ2n) is 5.25. The van der Waals surface area contributed by atoms with E-state index in [0.29, 0.717) is 18.7 Å². The Labute approximate surface area is 123 Å². The molecule has 2 rings (SSSR count). The monoisotopic (exact) mass is 293 g/mol. The predicted molar refractivity (Wildman–Crippen MR) is 78.7 cm³/mol. The Hall–Kier alpha value is -1.95. The number of nitrogens with one attached hydrogen (secondary N) is 2. The van der Waals surface area contributed by atoms with Crippen molar-refractivity contribution in [2.75, 3.05) is 25.5 Å². The Morgan fingerprint density at radius 3 is 2.81 bits per heavy atom. The van der Waals surface area contributed by atoms with E-state index in [0.717, 1.165) is 12.8 Å². The summed E-state index contributed by atoms with van der Waals surface area (Å²) in [6, 6.07) is 4.34. The van der Waals surface area contributed by atoms with Crippen molar-refractivity contribution in [1.29, 1.82) is 0 Å². The van der Waals surface area contributed by atoms with Gasteiger partial charge in [-0.2, -0.15) is 0 Å². The standard InChI is InChI=1S/C15H20FN3O2/c1-10(20)18-14-8-11(5-6-13(14)16)15(21)19-7-3-4-12(9-19)17-2/h5-6,8,12,17H,3-4,7,9H2,1-2H3,(H,18,20). The third kappa shape index (κ3) is 3.78. The van der Waals surface area contributed by atoms with Crippen molar-refractivity contribution in [3.8, 4) is 0 Å². The topological polar surface area (TPSA) is 61.4 Å². The number of piperidine rings is 1. The molecule has 0 spiro atoms. The first kappa shape index (κ1) is 15.4. The van der Waals surface area contributed by atoms with Gasteiger partial charge >= 0.3 is 0 Å². The van der Waals surface area contributed by atoms with Gasteiger partial charge in [0, 0.05) is 31.6 Å². The number of benzene rings is 1. The van der Waals surface area contributed by atoms with Crippen LogP contribution in [0.1, 0.15) is 30.1 Å². The smallest absolute Gasteiger partial charge is 0.253 e. The first-order valence-corrected chi connectivity index (χ1v) is 7.05. The third-order valence-corrected chi connectivity index (χ3v) is 3.64. The van der Waals surface area contributed by atoms with Crippen LogP contribution in [-0.4, -0.2) is 42.9 Å². The molecular weight excluding hydrogens is 273 g/mol. The molecule has 6 heteroatoms. The van der Waals surface area contributed by atoms with Gasteiger partial charge in [-0.3, -0.25) is 9.59 Å². The molecular formula is C15H20FN3O2. The number of likely N-dealkylation sites (tertiary alicyclic amines) is 1. The number of hydrogen-bond donors (Lipinski definition) is 2. The summed E-state index contributed by atoms with van der Waals surface area (Å²) in [5.41, 5.74) is 0.424. The number of carbonyl (C=O) groups excluding carboxylic acids is 2. The molecule has 0 aromatic heterocycles. The summed E-state index contributed by atoms with van der Waals surface area (Å²) in [7, 11) is 1.88. The van der Waals surface area contributed by atoms with E-state index < -0.39 is 5.82 Å². The lowest BCUT2D eigenvalue weighted by Crippen LogP contribution is -2.46. The zero-order chi connectivity index (χ0) is 15.4. The summed E-state index contributed by atoms with van der Waals surface area (Å²) < 4.78 is 13.6. The fraction of sp³-hybridized carbons (Fsp3) is 0.467. The fourth-order valence-electron chi connectivity index (χ4n) is 2.52. The summed E-state index contributed by atoms with van der Waals surface area (Å²) in [6.45, 7) is 2.64. The van der Waals surface area contributed by atoms with Crippen molar-refractivity contribution in [2.24, 2.45) is 0 Å². The molecule has 0 radical (unpaired) electrons. The van der Waals surface area contributed by atoms with E-state index in [2.05, 4.69) is 10.6 Å². The molecule has 1 heterocycles. The Morgan fingerprint density at radius 2 is 2.14 bits per heavy atom. The van der Waals surface area contributed by atoms with E-state index in [1.807, 2.05) is 7.05 Å². The Bertz CT molecular complexity index is 548. The summed E-state index contributed by atoms with van der Waals surface area (Å²) in [4.78, 5) is 25.3. The van der Waals surface area contributed by atoms with Crippen LogP contribution in [0.15, 0.2) is 18.2 Å². The van der Waals surface area contributed by atoms with Gasteiger partial charge < -0.3 is 15.5 Å². The van der Waals surface area contributed by atoms with Gasteiger partial charge in [-0.15, -0.1) is 0 Å². The molecule has 1 aromatic carbocycles. The van der Waals surface area contributed by atoms with Crippen molar-refractivity contribution in [2.45, 2.75) is 25.8 Å². The van der Waals surface area contributed by atoms with E-state index in [1.54, 1.807) is 4.90 Å². The molecule has 5 nitrogen and oxygen atoms in total. The van der Waals surface area contributed by atoms with Crippen LogP contribution in [0.5, 0.6) is 0 Å². The summed E-state index contributed by atoms with van der Waals surface area (Å²) in [5.74, 6) is -1.05. The Morgan fingerprint density at radius 1 is 1.38 bits per heavy atom. The van der Waals surface area contributed by atoms with Gasteiger partial charge in [-0.1, -0.05) is 0 Å². The quantitative estimate of drug-likeness (QED) is 0.890. The highest BCUT2D eigenvalue weighted by Gasteiger charge is 2.24.